The molecular weight excluding hydrogens is 2130 g/mol. The molecule has 6 aliphatic carbocycles. The predicted octanol–water partition coefficient (Wildman–Crippen LogP) is 29.7. The van der Waals surface area contributed by atoms with Gasteiger partial charge in [0, 0.05) is 155 Å². The largest absolute Gasteiger partial charge is 0.466 e. The maximum Gasteiger partial charge on any atom is 0.302 e. The molecule has 6 saturated carbocycles. The summed E-state index contributed by atoms with van der Waals surface area (Å²) >= 11 is 11.3. The molecule has 28 heteroatoms. The van der Waals surface area contributed by atoms with Gasteiger partial charge in [0.15, 0.2) is 22.4 Å². The van der Waals surface area contributed by atoms with Gasteiger partial charge in [-0.2, -0.15) is 0 Å². The molecule has 17 unspecified atom stereocenters. The molecule has 17 atom stereocenters. The van der Waals surface area contributed by atoms with E-state index in [1.54, 1.807) is 0 Å². The third-order valence-corrected chi connectivity index (χ3v) is 45.3. The number of ether oxygens (including phenoxy) is 15. The molecule has 7 rings (SSSR count). The second kappa shape index (κ2) is 89.8. The van der Waals surface area contributed by atoms with Crippen LogP contribution in [0.2, 0.25) is 36.3 Å². The highest BCUT2D eigenvalue weighted by atomic mass is 79.9. The van der Waals surface area contributed by atoms with Gasteiger partial charge >= 0.3 is 5.97 Å². The lowest BCUT2D eigenvalue weighted by atomic mass is 9.86. The van der Waals surface area contributed by atoms with Crippen LogP contribution in [0.15, 0.2) is 36.5 Å². The van der Waals surface area contributed by atoms with E-state index in [0.717, 1.165) is 284 Å². The first-order valence-corrected chi connectivity index (χ1v) is 68.7. The van der Waals surface area contributed by atoms with Gasteiger partial charge in [-0.15, -0.1) is 0 Å². The van der Waals surface area contributed by atoms with Crippen molar-refractivity contribution >= 4 is 99.3 Å². The van der Waals surface area contributed by atoms with Crippen LogP contribution in [0, 0.1) is 71.0 Å². The van der Waals surface area contributed by atoms with Crippen molar-refractivity contribution in [3.8, 4) is 0 Å². The van der Waals surface area contributed by atoms with E-state index in [1.807, 2.05) is 7.11 Å². The molecule has 0 aromatic heterocycles. The summed E-state index contributed by atoms with van der Waals surface area (Å²) in [5.74, 6) is 6.92. The van der Waals surface area contributed by atoms with Crippen LogP contribution in [-0.2, 0) is 109 Å². The molecule has 0 aromatic rings. The van der Waals surface area contributed by atoms with E-state index in [-0.39, 0.29) is 51.6 Å². The van der Waals surface area contributed by atoms with Crippen molar-refractivity contribution in [3.63, 3.8) is 0 Å². The third kappa shape index (κ3) is 64.8. The number of fused-ring (bicyclic) bond motifs is 1. The molecule has 0 N–H and O–H groups in total. The van der Waals surface area contributed by atoms with Crippen molar-refractivity contribution in [2.24, 2.45) is 71.0 Å². The van der Waals surface area contributed by atoms with Gasteiger partial charge in [-0.25, -0.2) is 0 Å². The number of rotatable bonds is 81. The highest BCUT2D eigenvalue weighted by molar-refractivity contribution is 9.12. The van der Waals surface area contributed by atoms with Crippen LogP contribution in [-0.4, -0.2) is 263 Å². The lowest BCUT2D eigenvalue weighted by molar-refractivity contribution is -0.223. The fourth-order valence-electron chi connectivity index (χ4n) is 20.8. The number of hydrogen-bond acceptors (Lipinski definition) is 23. The lowest BCUT2D eigenvalue weighted by Crippen LogP contribution is -2.41. The quantitative estimate of drug-likeness (QED) is 0.0180. The zero-order chi connectivity index (χ0) is 111. The molecular formula is C122H225Br3O23Si2. The molecule has 1 saturated heterocycles. The molecule has 150 heavy (non-hydrogen) atoms. The van der Waals surface area contributed by atoms with Crippen molar-refractivity contribution in [1.29, 1.82) is 0 Å². The van der Waals surface area contributed by atoms with Crippen LogP contribution in [0.1, 0.15) is 387 Å². The number of unbranched alkanes of at least 4 members (excludes halogenated alkanes) is 6. The predicted molar refractivity (Wildman–Crippen MR) is 629 cm³/mol. The Morgan fingerprint density at radius 3 is 0.987 bits per heavy atom. The van der Waals surface area contributed by atoms with Crippen molar-refractivity contribution in [2.45, 2.75) is 450 Å². The first kappa shape index (κ1) is 144. The number of allylic oxidation sites excluding steroid dienone is 6. The minimum Gasteiger partial charge on any atom is -0.466 e. The van der Waals surface area contributed by atoms with Crippen molar-refractivity contribution in [3.05, 3.63) is 36.5 Å². The highest BCUT2D eigenvalue weighted by Gasteiger charge is 2.57. The highest BCUT2D eigenvalue weighted by Crippen LogP contribution is 2.55. The topological polar surface area (TPSA) is 259 Å². The molecule has 0 radical (unpaired) electrons. The Morgan fingerprint density at radius 1 is 0.347 bits per heavy atom. The van der Waals surface area contributed by atoms with E-state index in [1.165, 1.54) is 45.4 Å². The number of carbonyl (C=O) groups is 6. The molecule has 7 fully saturated rings. The maximum atomic E-state index is 12.3. The summed E-state index contributed by atoms with van der Waals surface area (Å²) < 4.78 is 95.9. The first-order valence-electron chi connectivity index (χ1n) is 60.2. The fourth-order valence-corrected chi connectivity index (χ4v) is 24.2. The van der Waals surface area contributed by atoms with E-state index in [9.17, 15) is 28.8 Å². The smallest absolute Gasteiger partial charge is 0.302 e. The summed E-state index contributed by atoms with van der Waals surface area (Å²) in [6.07, 6.45) is 58.2. The van der Waals surface area contributed by atoms with Gasteiger partial charge in [-0.3, -0.25) is 28.8 Å². The van der Waals surface area contributed by atoms with Gasteiger partial charge in [0.1, 0.15) is 28.9 Å². The SMILES string of the molecule is CC/C=C\CC1C(=O)CCC1CCCCOCCOCCOCCC.CC/C=C\CC1C(=O)CCC1CCCCOCCOCCOCCO[Si](C)(C)C(C)(C)C.CC/C=C\CC1C(=O)CCC1CCOC(C)=O.CCCCCC1C(=O)CCC1CCO[Si](C)(C)C(C)(C)C.CCCOCCOCCOCCCCC1CCC(=O)C1CC(Br)C(Br)CC.CCCOCCOCCOCCCCC1CCC2(OC)OC(C(Br)CC)CC12. The number of alkyl halides is 3. The molecule has 0 amide bonds. The molecule has 0 bridgehead atoms. The number of esters is 1. The number of ketones is 5. The Bertz CT molecular complexity index is 3420. The monoisotopic (exact) mass is 2350 g/mol. The van der Waals surface area contributed by atoms with E-state index < -0.39 is 16.6 Å². The van der Waals surface area contributed by atoms with Crippen LogP contribution in [0.5, 0.6) is 0 Å². The Kier molecular flexibility index (Phi) is 86.4. The molecule has 1 aliphatic heterocycles. The lowest BCUT2D eigenvalue weighted by Gasteiger charge is -2.36. The van der Waals surface area contributed by atoms with E-state index >= 15 is 0 Å². The van der Waals surface area contributed by atoms with Crippen LogP contribution in [0.4, 0.5) is 0 Å². The second-order valence-electron chi connectivity index (χ2n) is 45.6. The summed E-state index contributed by atoms with van der Waals surface area (Å²) in [4.78, 5) is 72.1. The Morgan fingerprint density at radius 2 is 0.653 bits per heavy atom. The Hall–Kier alpha value is -1.73. The second-order valence-corrected chi connectivity index (χ2v) is 58.7. The standard InChI is InChI=1S/C26H50O5Si.C22H41BrO5.C21H38Br2O4.C21H38O4.C18H36O2Si.C14H22O3/c1-7-8-9-13-24-23(14-15-25(24)27)12-10-11-16-28-17-18-29-19-20-30-21-22-31-32(5,6)26(2,3)4;1-4-11-25-13-15-27-16-14-26-12-7-6-8-18-9-10-22(24-3)19(18)17-21(28-22)20(23)5-2;1-3-10-25-12-14-27-15-13-26-11-6-5-7-17-8-9-21(24)18(17)16-20(23)19(22)4-2;1-3-5-6-10-20-19(11-12-21(20)22)9-7-8-14-24-16-18-25-17-15-23-13-4-2;1-7-8-9-10-16-15(11-12-17(16)19)13-14-20-21(5,6)18(2,3)4;1-3-4-5-6-13-12(7-8-14(13)16)9-10-17-11(2)15/h8-9,23-24H,7,10-22H2,1-6H3;18-21H,4-17H2,1-3H3;17-20H,3-16H2,1-2H3;5-6,19-20H,3-4,7-18H2,1-2H3;15-16H,7-14H2,1-6H3;4-5,12-13H,3,6-10H2,1-2H3/b9-8-;;;6-5-;;5-4-. The van der Waals surface area contributed by atoms with Crippen LogP contribution in [0.3, 0.4) is 0 Å². The number of carbonyl (C=O) groups excluding carboxylic acids is 6. The van der Waals surface area contributed by atoms with Crippen molar-refractivity contribution in [1.82, 2.24) is 0 Å². The van der Waals surface area contributed by atoms with Crippen LogP contribution < -0.4 is 0 Å². The maximum absolute atomic E-state index is 12.3. The zero-order valence-electron chi connectivity index (χ0n) is 99.2. The van der Waals surface area contributed by atoms with Gasteiger partial charge in [0.25, 0.3) is 0 Å². The number of methoxy groups -OCH3 is 1. The fraction of sp³-hybridized carbons (Fsp3) is 0.902. The molecule has 23 nitrogen and oxygen atoms in total. The number of hydrogen-bond donors (Lipinski definition) is 0. The van der Waals surface area contributed by atoms with Crippen LogP contribution in [0.25, 0.3) is 0 Å². The summed E-state index contributed by atoms with van der Waals surface area (Å²) in [6, 6.07) is 0. The van der Waals surface area contributed by atoms with Crippen LogP contribution >= 0.6 is 47.8 Å². The van der Waals surface area contributed by atoms with E-state index in [0.29, 0.717) is 223 Å². The van der Waals surface area contributed by atoms with E-state index in [2.05, 4.69) is 214 Å². The molecule has 0 aromatic carbocycles. The third-order valence-electron chi connectivity index (χ3n) is 32.0. The molecule has 0 spiro atoms. The van der Waals surface area contributed by atoms with Gasteiger partial charge < -0.3 is 79.9 Å². The van der Waals surface area contributed by atoms with Gasteiger partial charge in [-0.1, -0.05) is 233 Å². The molecule has 1 heterocycles. The zero-order valence-corrected chi connectivity index (χ0v) is 106. The summed E-state index contributed by atoms with van der Waals surface area (Å²) in [7, 11) is -1.49. The molecule has 880 valence electrons. The van der Waals surface area contributed by atoms with Gasteiger partial charge in [-0.05, 0) is 264 Å². The Balaban J connectivity index is 0.000000614. The van der Waals surface area contributed by atoms with Crippen molar-refractivity contribution in [2.75, 3.05) is 185 Å². The van der Waals surface area contributed by atoms with E-state index in [4.69, 9.17) is 79.9 Å². The average molecular weight is 2360 g/mol. The minimum absolute atomic E-state index is 0.147. The summed E-state index contributed by atoms with van der Waals surface area (Å²) in [5, 5.41) is 0.513. The summed E-state index contributed by atoms with van der Waals surface area (Å²) in [6.45, 7) is 61.8. The molecule has 7 aliphatic rings. The number of Topliss-reactive ketones (excluding diaryl/α,β-unsaturated/α-hetero) is 5. The van der Waals surface area contributed by atoms with Gasteiger partial charge in [0.05, 0.1) is 132 Å². The first-order chi connectivity index (χ1) is 72.1. The average Bonchev–Trinajstić information content (AvgIpc) is 1.60. The normalized spacial score (nSPS) is 23.6. The Labute approximate surface area is 943 Å². The van der Waals surface area contributed by atoms with Crippen molar-refractivity contribution < 1.29 is 109 Å². The minimum atomic E-state index is -1.67. The number of halogens is 3. The summed E-state index contributed by atoms with van der Waals surface area (Å²) in [5.41, 5.74) is 0. The van der Waals surface area contributed by atoms with Gasteiger partial charge in [0.2, 0.25) is 0 Å².